The molecule has 18 heavy (non-hydrogen) atoms. The molecular formula is C14H30N2O2. The number of carbonyl (C=O) groups is 1. The number of aliphatic hydroxyl groups is 1. The summed E-state index contributed by atoms with van der Waals surface area (Å²) in [6.45, 7) is 9.62. The number of hydrogen-bond acceptors (Lipinski definition) is 3. The zero-order valence-corrected chi connectivity index (χ0v) is 12.4. The Morgan fingerprint density at radius 2 is 1.94 bits per heavy atom. The van der Waals surface area contributed by atoms with E-state index < -0.39 is 0 Å². The van der Waals surface area contributed by atoms with Gasteiger partial charge in [0.05, 0.1) is 6.61 Å². The van der Waals surface area contributed by atoms with Gasteiger partial charge in [0.15, 0.2) is 0 Å². The molecule has 0 aromatic rings. The summed E-state index contributed by atoms with van der Waals surface area (Å²) >= 11 is 0. The van der Waals surface area contributed by atoms with Gasteiger partial charge < -0.3 is 15.7 Å². The minimum absolute atomic E-state index is 0.0178. The maximum absolute atomic E-state index is 12.1. The fourth-order valence-electron chi connectivity index (χ4n) is 2.04. The quantitative estimate of drug-likeness (QED) is 0.697. The van der Waals surface area contributed by atoms with Crippen molar-refractivity contribution in [2.24, 2.45) is 11.1 Å². The lowest BCUT2D eigenvalue weighted by molar-refractivity contribution is -0.132. The Balaban J connectivity index is 4.23. The van der Waals surface area contributed by atoms with Crippen molar-refractivity contribution in [3.63, 3.8) is 0 Å². The second-order valence-corrected chi connectivity index (χ2v) is 6.19. The van der Waals surface area contributed by atoms with Crippen LogP contribution in [0.15, 0.2) is 0 Å². The van der Waals surface area contributed by atoms with Gasteiger partial charge >= 0.3 is 0 Å². The topological polar surface area (TPSA) is 66.6 Å². The first kappa shape index (κ1) is 17.4. The van der Waals surface area contributed by atoms with E-state index in [-0.39, 0.29) is 24.0 Å². The first-order valence-electron chi connectivity index (χ1n) is 6.94. The van der Waals surface area contributed by atoms with E-state index in [0.29, 0.717) is 13.0 Å². The van der Waals surface area contributed by atoms with Gasteiger partial charge in [0.25, 0.3) is 0 Å². The Kier molecular flexibility index (Phi) is 8.20. The Labute approximate surface area is 112 Å². The van der Waals surface area contributed by atoms with Crippen molar-refractivity contribution in [1.29, 1.82) is 0 Å². The van der Waals surface area contributed by atoms with E-state index in [0.717, 1.165) is 25.8 Å². The molecule has 1 atom stereocenters. The molecule has 4 heteroatoms. The normalized spacial score (nSPS) is 13.4. The molecule has 0 aromatic heterocycles. The van der Waals surface area contributed by atoms with Crippen LogP contribution in [0.1, 0.15) is 53.4 Å². The van der Waals surface area contributed by atoms with E-state index >= 15 is 0 Å². The van der Waals surface area contributed by atoms with Crippen LogP contribution >= 0.6 is 0 Å². The second kappa shape index (κ2) is 8.48. The smallest absolute Gasteiger partial charge is 0.224 e. The van der Waals surface area contributed by atoms with E-state index in [9.17, 15) is 4.79 Å². The van der Waals surface area contributed by atoms with Gasteiger partial charge in [-0.1, -0.05) is 34.1 Å². The molecular weight excluding hydrogens is 228 g/mol. The van der Waals surface area contributed by atoms with Gasteiger partial charge in [-0.05, 0) is 18.3 Å². The number of nitrogens with zero attached hydrogens (tertiary/aromatic N) is 1. The lowest BCUT2D eigenvalue weighted by Gasteiger charge is -2.26. The molecule has 108 valence electrons. The van der Waals surface area contributed by atoms with E-state index in [1.54, 1.807) is 4.90 Å². The lowest BCUT2D eigenvalue weighted by atomic mass is 9.87. The fourth-order valence-corrected chi connectivity index (χ4v) is 2.04. The molecule has 0 bridgehead atoms. The van der Waals surface area contributed by atoms with E-state index in [2.05, 4.69) is 27.7 Å². The Bertz CT molecular complexity index is 236. The molecule has 1 amide bonds. The van der Waals surface area contributed by atoms with Crippen LogP contribution in [0.25, 0.3) is 0 Å². The summed E-state index contributed by atoms with van der Waals surface area (Å²) in [4.78, 5) is 13.8. The molecule has 0 heterocycles. The number of unbranched alkanes of at least 4 members (excludes halogenated alkanes) is 1. The summed E-state index contributed by atoms with van der Waals surface area (Å²) in [5.41, 5.74) is 6.16. The maximum Gasteiger partial charge on any atom is 0.224 e. The summed E-state index contributed by atoms with van der Waals surface area (Å²) in [6, 6.07) is -0.0969. The SMILES string of the molecule is CCCCN(CCO)C(=O)CC(N)CC(C)(C)C. The van der Waals surface area contributed by atoms with Crippen LogP contribution in [-0.2, 0) is 4.79 Å². The monoisotopic (exact) mass is 258 g/mol. The zero-order chi connectivity index (χ0) is 14.2. The predicted octanol–water partition coefficient (Wildman–Crippen LogP) is 1.76. The summed E-state index contributed by atoms with van der Waals surface area (Å²) in [5, 5.41) is 8.98. The third kappa shape index (κ3) is 8.48. The van der Waals surface area contributed by atoms with E-state index in [1.807, 2.05) is 0 Å². The molecule has 0 fully saturated rings. The van der Waals surface area contributed by atoms with Crippen LogP contribution in [-0.4, -0.2) is 41.7 Å². The molecule has 0 radical (unpaired) electrons. The summed E-state index contributed by atoms with van der Waals surface area (Å²) in [5.74, 6) is 0.0641. The highest BCUT2D eigenvalue weighted by Gasteiger charge is 2.20. The predicted molar refractivity (Wildman–Crippen MR) is 75.2 cm³/mol. The molecule has 4 nitrogen and oxygen atoms in total. The molecule has 0 rings (SSSR count). The van der Waals surface area contributed by atoms with Crippen molar-refractivity contribution in [3.05, 3.63) is 0 Å². The number of rotatable bonds is 8. The van der Waals surface area contributed by atoms with Gasteiger partial charge in [-0.3, -0.25) is 4.79 Å². The molecule has 0 saturated carbocycles. The number of aliphatic hydroxyl groups excluding tert-OH is 1. The third-order valence-electron chi connectivity index (χ3n) is 2.82. The van der Waals surface area contributed by atoms with Gasteiger partial charge in [-0.25, -0.2) is 0 Å². The van der Waals surface area contributed by atoms with Gasteiger partial charge in [-0.15, -0.1) is 0 Å². The van der Waals surface area contributed by atoms with Gasteiger partial charge in [0.2, 0.25) is 5.91 Å². The molecule has 0 aliphatic rings. The highest BCUT2D eigenvalue weighted by molar-refractivity contribution is 5.76. The molecule has 3 N–H and O–H groups in total. The summed E-state index contributed by atoms with van der Waals surface area (Å²) in [7, 11) is 0. The third-order valence-corrected chi connectivity index (χ3v) is 2.82. The van der Waals surface area contributed by atoms with Crippen molar-refractivity contribution >= 4 is 5.91 Å². The number of amides is 1. The van der Waals surface area contributed by atoms with Crippen molar-refractivity contribution in [2.45, 2.75) is 59.4 Å². The van der Waals surface area contributed by atoms with Crippen LogP contribution in [0.4, 0.5) is 0 Å². The molecule has 1 unspecified atom stereocenters. The lowest BCUT2D eigenvalue weighted by Crippen LogP contribution is -2.39. The number of carbonyl (C=O) groups excluding carboxylic acids is 1. The van der Waals surface area contributed by atoms with Crippen molar-refractivity contribution < 1.29 is 9.90 Å². The highest BCUT2D eigenvalue weighted by Crippen LogP contribution is 2.21. The largest absolute Gasteiger partial charge is 0.395 e. The van der Waals surface area contributed by atoms with Crippen molar-refractivity contribution in [1.82, 2.24) is 4.90 Å². The first-order chi connectivity index (χ1) is 8.30. The van der Waals surface area contributed by atoms with Gasteiger partial charge in [-0.2, -0.15) is 0 Å². The minimum atomic E-state index is -0.0969. The molecule has 0 aromatic carbocycles. The second-order valence-electron chi connectivity index (χ2n) is 6.19. The zero-order valence-electron chi connectivity index (χ0n) is 12.4. The molecule has 0 aliphatic carbocycles. The average molecular weight is 258 g/mol. The average Bonchev–Trinajstić information content (AvgIpc) is 2.21. The maximum atomic E-state index is 12.1. The molecule has 0 saturated heterocycles. The number of nitrogens with two attached hydrogens (primary N) is 1. The van der Waals surface area contributed by atoms with Crippen LogP contribution in [0.2, 0.25) is 0 Å². The van der Waals surface area contributed by atoms with Crippen LogP contribution in [0.5, 0.6) is 0 Å². The fraction of sp³-hybridized carbons (Fsp3) is 0.929. The standard InChI is InChI=1S/C14H30N2O2/c1-5-6-7-16(8-9-17)13(18)10-12(15)11-14(2,3)4/h12,17H,5-11,15H2,1-4H3. The number of hydrogen-bond donors (Lipinski definition) is 2. The molecule has 0 aliphatic heterocycles. The van der Waals surface area contributed by atoms with Gasteiger partial charge in [0.1, 0.15) is 0 Å². The van der Waals surface area contributed by atoms with E-state index in [4.69, 9.17) is 10.8 Å². The Hall–Kier alpha value is -0.610. The summed E-state index contributed by atoms with van der Waals surface area (Å²) < 4.78 is 0. The van der Waals surface area contributed by atoms with Gasteiger partial charge in [0, 0.05) is 25.6 Å². The minimum Gasteiger partial charge on any atom is -0.395 e. The Morgan fingerprint density at radius 3 is 2.39 bits per heavy atom. The summed E-state index contributed by atoms with van der Waals surface area (Å²) in [6.07, 6.45) is 3.23. The van der Waals surface area contributed by atoms with Crippen LogP contribution in [0, 0.1) is 5.41 Å². The Morgan fingerprint density at radius 1 is 1.33 bits per heavy atom. The van der Waals surface area contributed by atoms with Crippen molar-refractivity contribution in [2.75, 3.05) is 19.7 Å². The van der Waals surface area contributed by atoms with Crippen LogP contribution < -0.4 is 5.73 Å². The van der Waals surface area contributed by atoms with E-state index in [1.165, 1.54) is 0 Å². The first-order valence-corrected chi connectivity index (χ1v) is 6.94. The highest BCUT2D eigenvalue weighted by atomic mass is 16.3. The molecule has 0 spiro atoms. The van der Waals surface area contributed by atoms with Crippen LogP contribution in [0.3, 0.4) is 0 Å². The van der Waals surface area contributed by atoms with Crippen molar-refractivity contribution in [3.8, 4) is 0 Å².